The molecule has 0 saturated heterocycles. The van der Waals surface area contributed by atoms with Crippen molar-refractivity contribution in [2.24, 2.45) is 5.73 Å². The van der Waals surface area contributed by atoms with Crippen molar-refractivity contribution in [1.82, 2.24) is 14.1 Å². The standard InChI is InChI=1S/C14H15N5O2/c15-4-1-6-19-13(20)3-7-18(14(19)21)10-11-2-5-17-12(8-11)9-16/h2-3,5,7-8H,1,4,6,10,15H2. The van der Waals surface area contributed by atoms with Crippen LogP contribution in [0.2, 0.25) is 0 Å². The Hall–Kier alpha value is -2.72. The molecule has 2 aromatic heterocycles. The Bertz CT molecular complexity index is 785. The summed E-state index contributed by atoms with van der Waals surface area (Å²) in [4.78, 5) is 27.8. The fourth-order valence-corrected chi connectivity index (χ4v) is 1.96. The Kier molecular flexibility index (Phi) is 4.64. The van der Waals surface area contributed by atoms with Crippen LogP contribution in [0.3, 0.4) is 0 Å². The molecule has 0 aliphatic rings. The first-order valence-corrected chi connectivity index (χ1v) is 6.51. The number of hydrogen-bond donors (Lipinski definition) is 1. The Morgan fingerprint density at radius 2 is 2.14 bits per heavy atom. The molecule has 7 heteroatoms. The fraction of sp³-hybridized carbons (Fsp3) is 0.286. The minimum absolute atomic E-state index is 0.277. The molecular weight excluding hydrogens is 270 g/mol. The summed E-state index contributed by atoms with van der Waals surface area (Å²) >= 11 is 0. The van der Waals surface area contributed by atoms with E-state index in [0.29, 0.717) is 19.5 Å². The summed E-state index contributed by atoms with van der Waals surface area (Å²) < 4.78 is 2.59. The first-order valence-electron chi connectivity index (χ1n) is 6.51. The summed E-state index contributed by atoms with van der Waals surface area (Å²) in [5, 5.41) is 8.82. The normalized spacial score (nSPS) is 10.3. The lowest BCUT2D eigenvalue weighted by Crippen LogP contribution is -2.39. The third kappa shape index (κ3) is 3.43. The van der Waals surface area contributed by atoms with Crippen molar-refractivity contribution >= 4 is 0 Å². The molecule has 0 bridgehead atoms. The predicted molar refractivity (Wildman–Crippen MR) is 76.7 cm³/mol. The number of nitriles is 1. The first-order chi connectivity index (χ1) is 10.2. The van der Waals surface area contributed by atoms with Crippen LogP contribution in [-0.2, 0) is 13.1 Å². The highest BCUT2D eigenvalue weighted by molar-refractivity contribution is 5.25. The quantitative estimate of drug-likeness (QED) is 0.809. The van der Waals surface area contributed by atoms with E-state index in [1.807, 2.05) is 6.07 Å². The van der Waals surface area contributed by atoms with Crippen LogP contribution < -0.4 is 17.0 Å². The highest BCUT2D eigenvalue weighted by Gasteiger charge is 2.06. The zero-order valence-electron chi connectivity index (χ0n) is 11.4. The summed E-state index contributed by atoms with van der Waals surface area (Å²) in [6.45, 7) is 0.990. The van der Waals surface area contributed by atoms with E-state index in [-0.39, 0.29) is 23.5 Å². The van der Waals surface area contributed by atoms with Gasteiger partial charge >= 0.3 is 5.69 Å². The van der Waals surface area contributed by atoms with E-state index >= 15 is 0 Å². The average Bonchev–Trinajstić information content (AvgIpc) is 2.50. The van der Waals surface area contributed by atoms with E-state index in [1.165, 1.54) is 27.6 Å². The van der Waals surface area contributed by atoms with Crippen molar-refractivity contribution in [2.75, 3.05) is 6.54 Å². The average molecular weight is 285 g/mol. The zero-order valence-corrected chi connectivity index (χ0v) is 11.4. The first kappa shape index (κ1) is 14.7. The molecule has 0 aromatic carbocycles. The van der Waals surface area contributed by atoms with Gasteiger partial charge in [-0.25, -0.2) is 9.78 Å². The van der Waals surface area contributed by atoms with Crippen LogP contribution in [0.1, 0.15) is 17.7 Å². The fourth-order valence-electron chi connectivity index (χ4n) is 1.96. The van der Waals surface area contributed by atoms with Gasteiger partial charge in [0.1, 0.15) is 11.8 Å². The lowest BCUT2D eigenvalue weighted by molar-refractivity contribution is 0.554. The number of hydrogen-bond acceptors (Lipinski definition) is 5. The van der Waals surface area contributed by atoms with Gasteiger partial charge in [-0.15, -0.1) is 0 Å². The van der Waals surface area contributed by atoms with Gasteiger partial charge in [-0.05, 0) is 30.7 Å². The maximum atomic E-state index is 12.3. The summed E-state index contributed by atoms with van der Waals surface area (Å²) in [7, 11) is 0. The zero-order chi connectivity index (χ0) is 15.2. The molecule has 0 aliphatic heterocycles. The van der Waals surface area contributed by atoms with Crippen molar-refractivity contribution in [3.8, 4) is 6.07 Å². The molecule has 108 valence electrons. The van der Waals surface area contributed by atoms with Gasteiger partial charge < -0.3 is 5.73 Å². The van der Waals surface area contributed by atoms with Gasteiger partial charge in [-0.2, -0.15) is 5.26 Å². The second-order valence-electron chi connectivity index (χ2n) is 4.52. The minimum Gasteiger partial charge on any atom is -0.330 e. The highest BCUT2D eigenvalue weighted by Crippen LogP contribution is 2.02. The van der Waals surface area contributed by atoms with E-state index in [0.717, 1.165) is 5.56 Å². The molecule has 0 fully saturated rings. The maximum absolute atomic E-state index is 12.3. The minimum atomic E-state index is -0.383. The van der Waals surface area contributed by atoms with Crippen molar-refractivity contribution in [2.45, 2.75) is 19.5 Å². The molecule has 0 saturated carbocycles. The smallest absolute Gasteiger partial charge is 0.330 e. The number of nitrogens with two attached hydrogens (primary N) is 1. The topological polar surface area (TPSA) is 107 Å². The molecule has 0 amide bonds. The molecule has 2 rings (SSSR count). The van der Waals surface area contributed by atoms with Gasteiger partial charge in [0.15, 0.2) is 0 Å². The van der Waals surface area contributed by atoms with Crippen molar-refractivity contribution in [3.05, 3.63) is 62.7 Å². The van der Waals surface area contributed by atoms with Gasteiger partial charge in [0.2, 0.25) is 0 Å². The SMILES string of the molecule is N#Cc1cc(Cn2ccc(=O)n(CCCN)c2=O)ccn1. The molecule has 7 nitrogen and oxygen atoms in total. The third-order valence-corrected chi connectivity index (χ3v) is 3.02. The lowest BCUT2D eigenvalue weighted by Gasteiger charge is -2.09. The summed E-state index contributed by atoms with van der Waals surface area (Å²) in [6, 6.07) is 6.64. The monoisotopic (exact) mass is 285 g/mol. The van der Waals surface area contributed by atoms with Crippen molar-refractivity contribution in [1.29, 1.82) is 5.26 Å². The number of pyridine rings is 1. The van der Waals surface area contributed by atoms with E-state index in [2.05, 4.69) is 4.98 Å². The Morgan fingerprint density at radius 3 is 2.86 bits per heavy atom. The second kappa shape index (κ2) is 6.63. The number of nitrogens with zero attached hydrogens (tertiary/aromatic N) is 4. The maximum Gasteiger partial charge on any atom is 0.331 e. The Morgan fingerprint density at radius 1 is 1.33 bits per heavy atom. The molecule has 0 atom stereocenters. The van der Waals surface area contributed by atoms with Crippen LogP contribution >= 0.6 is 0 Å². The van der Waals surface area contributed by atoms with Gasteiger partial charge in [0, 0.05) is 25.0 Å². The van der Waals surface area contributed by atoms with Crippen LogP contribution in [-0.4, -0.2) is 20.7 Å². The summed E-state index contributed by atoms with van der Waals surface area (Å²) in [5.41, 5.74) is 5.75. The molecule has 21 heavy (non-hydrogen) atoms. The molecule has 2 aromatic rings. The van der Waals surface area contributed by atoms with Gasteiger partial charge in [-0.1, -0.05) is 0 Å². The third-order valence-electron chi connectivity index (χ3n) is 3.02. The van der Waals surface area contributed by atoms with Crippen LogP contribution in [0.4, 0.5) is 0 Å². The molecule has 2 N–H and O–H groups in total. The summed E-state index contributed by atoms with van der Waals surface area (Å²) in [6.07, 6.45) is 3.53. The number of aromatic nitrogens is 3. The summed E-state index contributed by atoms with van der Waals surface area (Å²) in [5.74, 6) is 0. The Balaban J connectivity index is 2.34. The van der Waals surface area contributed by atoms with Crippen LogP contribution in [0.25, 0.3) is 0 Å². The van der Waals surface area contributed by atoms with Crippen molar-refractivity contribution in [3.63, 3.8) is 0 Å². The molecule has 2 heterocycles. The number of rotatable bonds is 5. The van der Waals surface area contributed by atoms with Gasteiger partial charge in [0.05, 0.1) is 6.54 Å². The molecule has 0 aliphatic carbocycles. The largest absolute Gasteiger partial charge is 0.331 e. The van der Waals surface area contributed by atoms with E-state index in [9.17, 15) is 9.59 Å². The molecule has 0 radical (unpaired) electrons. The van der Waals surface area contributed by atoms with Crippen LogP contribution in [0, 0.1) is 11.3 Å². The van der Waals surface area contributed by atoms with Crippen LogP contribution in [0.5, 0.6) is 0 Å². The molecule has 0 spiro atoms. The Labute approximate surface area is 120 Å². The van der Waals surface area contributed by atoms with E-state index in [4.69, 9.17) is 11.0 Å². The molecule has 0 unspecified atom stereocenters. The van der Waals surface area contributed by atoms with Crippen molar-refractivity contribution < 1.29 is 0 Å². The predicted octanol–water partition coefficient (Wildman–Crippen LogP) is -0.326. The van der Waals surface area contributed by atoms with Gasteiger partial charge in [-0.3, -0.25) is 13.9 Å². The lowest BCUT2D eigenvalue weighted by atomic mass is 10.2. The van der Waals surface area contributed by atoms with Crippen LogP contribution in [0.15, 0.2) is 40.2 Å². The van der Waals surface area contributed by atoms with E-state index < -0.39 is 0 Å². The highest BCUT2D eigenvalue weighted by atomic mass is 16.2. The van der Waals surface area contributed by atoms with E-state index in [1.54, 1.807) is 12.1 Å². The second-order valence-corrected chi connectivity index (χ2v) is 4.52. The molecular formula is C14H15N5O2. The van der Waals surface area contributed by atoms with Gasteiger partial charge in [0.25, 0.3) is 5.56 Å².